The Hall–Kier alpha value is -1.17. The Labute approximate surface area is 60.4 Å². The highest BCUT2D eigenvalue weighted by Gasteiger charge is 1.93. The van der Waals surface area contributed by atoms with Gasteiger partial charge in [0.15, 0.2) is 5.03 Å². The number of hydrogen-bond donors (Lipinski definition) is 0. The van der Waals surface area contributed by atoms with E-state index in [1.54, 1.807) is 23.2 Å². The zero-order valence-corrected chi connectivity index (χ0v) is 6.04. The van der Waals surface area contributed by atoms with Gasteiger partial charge in [0.05, 0.1) is 5.10 Å². The SMILES string of the molecule is Cn1ccsc1=N[N+](=O)[O-]. The van der Waals surface area contributed by atoms with Crippen LogP contribution in [0.4, 0.5) is 0 Å². The maximum Gasteiger partial charge on any atom is 0.262 e. The van der Waals surface area contributed by atoms with Crippen molar-refractivity contribution in [2.24, 2.45) is 12.1 Å². The molecule has 0 radical (unpaired) electrons. The summed E-state index contributed by atoms with van der Waals surface area (Å²) in [7, 11) is 1.71. The zero-order valence-electron chi connectivity index (χ0n) is 5.22. The summed E-state index contributed by atoms with van der Waals surface area (Å²) in [6, 6.07) is 0. The minimum atomic E-state index is -0.703. The number of nitrogens with zero attached hydrogens (tertiary/aromatic N) is 3. The molecule has 0 atom stereocenters. The zero-order chi connectivity index (χ0) is 7.56. The summed E-state index contributed by atoms with van der Waals surface area (Å²) in [5.41, 5.74) is 0. The van der Waals surface area contributed by atoms with Crippen LogP contribution in [0, 0.1) is 10.1 Å². The Kier molecular flexibility index (Phi) is 1.81. The molecule has 0 N–H and O–H groups in total. The highest BCUT2D eigenvalue weighted by atomic mass is 32.1. The van der Waals surface area contributed by atoms with Crippen LogP contribution < -0.4 is 4.80 Å². The maximum absolute atomic E-state index is 9.85. The average molecular weight is 159 g/mol. The molecule has 6 heteroatoms. The lowest BCUT2D eigenvalue weighted by molar-refractivity contribution is -0.490. The van der Waals surface area contributed by atoms with Gasteiger partial charge in [-0.05, 0) is 0 Å². The first-order valence-corrected chi connectivity index (χ1v) is 3.37. The predicted molar refractivity (Wildman–Crippen MR) is 35.8 cm³/mol. The summed E-state index contributed by atoms with van der Waals surface area (Å²) in [5, 5.41) is 14.0. The van der Waals surface area contributed by atoms with Gasteiger partial charge in [-0.15, -0.1) is 0 Å². The lowest BCUT2D eigenvalue weighted by Gasteiger charge is -1.81. The van der Waals surface area contributed by atoms with Crippen molar-refractivity contribution >= 4 is 11.3 Å². The first-order valence-electron chi connectivity index (χ1n) is 2.49. The smallest absolute Gasteiger partial charge is 0.262 e. The van der Waals surface area contributed by atoms with Crippen molar-refractivity contribution in [3.63, 3.8) is 0 Å². The molecule has 0 aliphatic carbocycles. The molecule has 0 saturated carbocycles. The van der Waals surface area contributed by atoms with Gasteiger partial charge in [0.2, 0.25) is 0 Å². The van der Waals surface area contributed by atoms with Gasteiger partial charge in [-0.2, -0.15) is 0 Å². The van der Waals surface area contributed by atoms with E-state index in [1.165, 1.54) is 11.3 Å². The summed E-state index contributed by atoms with van der Waals surface area (Å²) in [6.07, 6.45) is 1.72. The van der Waals surface area contributed by atoms with Crippen molar-refractivity contribution < 1.29 is 5.03 Å². The number of aromatic nitrogens is 1. The Morgan fingerprint density at radius 2 is 2.60 bits per heavy atom. The Balaban J connectivity index is 3.15. The largest absolute Gasteiger partial charge is 0.322 e. The summed E-state index contributed by atoms with van der Waals surface area (Å²) in [6.45, 7) is 0. The van der Waals surface area contributed by atoms with Crippen LogP contribution in [-0.2, 0) is 7.05 Å². The number of rotatable bonds is 1. The monoisotopic (exact) mass is 159 g/mol. The molecule has 0 fully saturated rings. The lowest BCUT2D eigenvalue weighted by Crippen LogP contribution is -2.11. The topological polar surface area (TPSA) is 60.4 Å². The van der Waals surface area contributed by atoms with Gasteiger partial charge in [0.25, 0.3) is 4.80 Å². The molecule has 0 aromatic carbocycles. The second kappa shape index (κ2) is 2.61. The van der Waals surface area contributed by atoms with E-state index >= 15 is 0 Å². The van der Waals surface area contributed by atoms with Crippen LogP contribution in [0.5, 0.6) is 0 Å². The van der Waals surface area contributed by atoms with Crippen LogP contribution in [0.3, 0.4) is 0 Å². The van der Waals surface area contributed by atoms with Crippen LogP contribution in [0.1, 0.15) is 0 Å². The molecule has 0 aliphatic heterocycles. The minimum Gasteiger partial charge on any atom is -0.322 e. The fourth-order valence-corrected chi connectivity index (χ4v) is 1.20. The molecule has 54 valence electrons. The van der Waals surface area contributed by atoms with Crippen molar-refractivity contribution in [1.82, 2.24) is 4.57 Å². The van der Waals surface area contributed by atoms with Crippen molar-refractivity contribution in [1.29, 1.82) is 0 Å². The third-order valence-corrected chi connectivity index (χ3v) is 1.77. The predicted octanol–water partition coefficient (Wildman–Crippen LogP) is 0.179. The van der Waals surface area contributed by atoms with E-state index in [9.17, 15) is 10.1 Å². The first kappa shape index (κ1) is 6.94. The van der Waals surface area contributed by atoms with E-state index in [4.69, 9.17) is 0 Å². The van der Waals surface area contributed by atoms with Crippen LogP contribution in [-0.4, -0.2) is 9.60 Å². The van der Waals surface area contributed by atoms with E-state index in [-0.39, 0.29) is 0 Å². The van der Waals surface area contributed by atoms with Gasteiger partial charge in [0.1, 0.15) is 0 Å². The van der Waals surface area contributed by atoms with Crippen molar-refractivity contribution in [2.45, 2.75) is 0 Å². The highest BCUT2D eigenvalue weighted by molar-refractivity contribution is 7.07. The minimum absolute atomic E-state index is 0.394. The van der Waals surface area contributed by atoms with Gasteiger partial charge in [-0.25, -0.2) is 10.1 Å². The fraction of sp³-hybridized carbons (Fsp3) is 0.250. The molecule has 5 nitrogen and oxygen atoms in total. The standard InChI is InChI=1S/C4H5N3O2S/c1-6-2-3-10-4(6)5-7(8)9/h2-3H,1H3. The number of nitro groups is 1. The maximum atomic E-state index is 9.85. The summed E-state index contributed by atoms with van der Waals surface area (Å²) >= 11 is 1.23. The molecule has 0 spiro atoms. The summed E-state index contributed by atoms with van der Waals surface area (Å²) < 4.78 is 1.59. The van der Waals surface area contributed by atoms with Crippen molar-refractivity contribution in [3.8, 4) is 0 Å². The Bertz CT molecular complexity index is 299. The summed E-state index contributed by atoms with van der Waals surface area (Å²) in [5.74, 6) is 0. The van der Waals surface area contributed by atoms with Crippen molar-refractivity contribution in [3.05, 3.63) is 26.5 Å². The van der Waals surface area contributed by atoms with Crippen LogP contribution in [0.25, 0.3) is 0 Å². The fourth-order valence-electron chi connectivity index (χ4n) is 0.493. The third kappa shape index (κ3) is 1.41. The average Bonchev–Trinajstić information content (AvgIpc) is 2.15. The van der Waals surface area contributed by atoms with Gasteiger partial charge in [-0.3, -0.25) is 0 Å². The molecule has 1 heterocycles. The second-order valence-electron chi connectivity index (χ2n) is 1.63. The number of hydrogen-bond acceptors (Lipinski definition) is 3. The van der Waals surface area contributed by atoms with Gasteiger partial charge >= 0.3 is 0 Å². The van der Waals surface area contributed by atoms with E-state index in [0.717, 1.165) is 0 Å². The molecule has 10 heavy (non-hydrogen) atoms. The molecular weight excluding hydrogens is 154 g/mol. The molecule has 0 amide bonds. The van der Waals surface area contributed by atoms with E-state index < -0.39 is 5.03 Å². The van der Waals surface area contributed by atoms with Gasteiger partial charge in [0, 0.05) is 18.6 Å². The van der Waals surface area contributed by atoms with Crippen LogP contribution in [0.2, 0.25) is 0 Å². The molecule has 0 aliphatic rings. The van der Waals surface area contributed by atoms with Crippen molar-refractivity contribution in [2.75, 3.05) is 0 Å². The van der Waals surface area contributed by atoms with E-state index in [1.807, 2.05) is 0 Å². The highest BCUT2D eigenvalue weighted by Crippen LogP contribution is 1.85. The van der Waals surface area contributed by atoms with Crippen LogP contribution >= 0.6 is 11.3 Å². The quantitative estimate of drug-likeness (QED) is 0.433. The van der Waals surface area contributed by atoms with Gasteiger partial charge < -0.3 is 4.57 Å². The van der Waals surface area contributed by atoms with E-state index in [2.05, 4.69) is 5.10 Å². The van der Waals surface area contributed by atoms with Gasteiger partial charge in [-0.1, -0.05) is 11.3 Å². The molecule has 0 unspecified atom stereocenters. The normalized spacial score (nSPS) is 11.9. The number of thiazole rings is 1. The Morgan fingerprint density at radius 1 is 1.90 bits per heavy atom. The second-order valence-corrected chi connectivity index (χ2v) is 2.51. The summed E-state index contributed by atoms with van der Waals surface area (Å²) in [4.78, 5) is 10.2. The molecule has 1 rings (SSSR count). The molecule has 1 aromatic rings. The number of aryl methyl sites for hydroxylation is 1. The Morgan fingerprint density at radius 3 is 3.00 bits per heavy atom. The first-order chi connectivity index (χ1) is 4.70. The third-order valence-electron chi connectivity index (χ3n) is 0.927. The molecule has 0 saturated heterocycles. The molecule has 1 aromatic heterocycles. The molecular formula is C4H5N3O2S. The van der Waals surface area contributed by atoms with Crippen LogP contribution in [0.15, 0.2) is 16.7 Å². The molecule has 0 bridgehead atoms. The van der Waals surface area contributed by atoms with E-state index in [0.29, 0.717) is 4.80 Å². The lowest BCUT2D eigenvalue weighted by atomic mass is 10.9.